The Hall–Kier alpha value is 20.5. The van der Waals surface area contributed by atoms with Crippen molar-refractivity contribution in [3.63, 3.8) is 0 Å². The smallest absolute Gasteiger partial charge is 2.00 e. The molecule has 0 aliphatic rings. The van der Waals surface area contributed by atoms with E-state index < -0.39 is 0 Å². The second-order valence-corrected chi connectivity index (χ2v) is 0. The largest absolute Gasteiger partial charge is 4.00 e. The zero-order valence-electron chi connectivity index (χ0n) is 20.7. The van der Waals surface area contributed by atoms with E-state index in [9.17, 15) is 0 Å². The molecule has 0 unspecified atom stereocenters. The zero-order valence-corrected chi connectivity index (χ0v) is 85.5. The molecule has 24 nitrogen and oxygen atoms in total. The molecule has 0 saturated carbocycles. The van der Waals surface area contributed by atoms with E-state index >= 15 is 0 Å². The summed E-state index contributed by atoms with van der Waals surface area (Å²) in [6.45, 7) is 0. The summed E-state index contributed by atoms with van der Waals surface area (Å²) < 4.78 is 0. The van der Waals surface area contributed by atoms with Gasteiger partial charge < -0.3 is 131 Å². The topological polar surface area (TPSA) is 684 Å². The second kappa shape index (κ2) is 461. The first-order valence-corrected chi connectivity index (χ1v) is 0. The van der Waals surface area contributed by atoms with Crippen molar-refractivity contribution in [1.29, 1.82) is 0 Å². The van der Waals surface area contributed by atoms with E-state index in [1.54, 1.807) is 0 Å². The molecule has 0 bridgehead atoms. The summed E-state index contributed by atoms with van der Waals surface area (Å²) in [5.41, 5.74) is 0. The maximum absolute atomic E-state index is 0. The van der Waals surface area contributed by atoms with Crippen molar-refractivity contribution in [2.75, 3.05) is 0 Å². The predicted molar refractivity (Wildman–Crippen MR) is 16.5 cm³/mol. The van der Waals surface area contributed by atoms with Crippen LogP contribution in [0.2, 0.25) is 0 Å². The summed E-state index contributed by atoms with van der Waals surface area (Å²) in [4.78, 5) is 0. The molecule has 0 spiro atoms. The number of hydrogen-bond donors (Lipinski definition) is 0. The third kappa shape index (κ3) is 445. The summed E-state index contributed by atoms with van der Waals surface area (Å²) in [7, 11) is 0. The van der Waals surface area contributed by atoms with Gasteiger partial charge in [-0.15, -0.1) is 0 Å². The van der Waals surface area contributed by atoms with Crippen molar-refractivity contribution in [2.45, 2.75) is 0 Å². The minimum atomic E-state index is 0. The van der Waals surface area contributed by atoms with Crippen molar-refractivity contribution in [3.8, 4) is 0 Å². The van der Waals surface area contributed by atoms with Crippen LogP contribution in [-0.2, 0) is 284 Å². The molecule has 0 rings (SSSR count). The third-order valence-corrected chi connectivity index (χ3v) is 0. The van der Waals surface area contributed by atoms with Crippen LogP contribution in [0.25, 0.3) is 0 Å². The van der Waals surface area contributed by atoms with E-state index in [1.165, 1.54) is 0 Å². The second-order valence-electron chi connectivity index (χ2n) is 0. The van der Waals surface area contributed by atoms with Crippen molar-refractivity contribution in [3.05, 3.63) is 0 Å². The molecular weight excluding hydrogens is 2110 g/mol. The fraction of sp³-hybridized carbons (Fsp3) is 0. The molecule has 0 amide bonds. The van der Waals surface area contributed by atoms with Gasteiger partial charge in [-0.1, -0.05) is 0 Å². The molecule has 39 heavy (non-hydrogen) atoms. The Kier molecular flexibility index (Phi) is 5730. The summed E-state index contributed by atoms with van der Waals surface area (Å²) in [6.07, 6.45) is 0. The maximum Gasteiger partial charge on any atom is 4.00 e. The van der Waals surface area contributed by atoms with Gasteiger partial charge in [0.2, 0.25) is 0 Å². The average molecular weight is 2110 g/mol. The van der Waals surface area contributed by atoms with Crippen LogP contribution in [0.1, 0.15) is 0 Å². The van der Waals surface area contributed by atoms with Gasteiger partial charge in [0.1, 0.15) is 0 Å². The van der Waals surface area contributed by atoms with Gasteiger partial charge in [-0.3, -0.25) is 0 Å². The van der Waals surface area contributed by atoms with E-state index in [-0.39, 0.29) is 835 Å². The van der Waals surface area contributed by atoms with Crippen LogP contribution in [0.3, 0.4) is 0 Å². The monoisotopic (exact) mass is 2120 g/mol. The zero-order chi connectivity index (χ0) is 0. The summed E-state index contributed by atoms with van der Waals surface area (Å²) >= 11 is 0. The standard InChI is InChI=1S/8Cs.6Mo.24O.Zr/q8*+1;;;;;;;24*-2;+4. The summed E-state index contributed by atoms with van der Waals surface area (Å²) in [5.74, 6) is 0. The van der Waals surface area contributed by atoms with Gasteiger partial charge in [-0.2, -0.15) is 0 Å². The van der Waals surface area contributed by atoms with E-state index in [0.717, 1.165) is 0 Å². The average Bonchev–Trinajstić information content (AvgIpc) is 0. The van der Waals surface area contributed by atoms with Crippen LogP contribution in [0.5, 0.6) is 0 Å². The Morgan fingerprint density at radius 1 is 0.103 bits per heavy atom. The van der Waals surface area contributed by atoms with Crippen molar-refractivity contribution >= 4 is 0 Å². The molecule has 0 N–H and O–H groups in total. The normalized spacial score (nSPS) is 0. The van der Waals surface area contributed by atoms with Gasteiger partial charge >= 0.3 is 577 Å². The Morgan fingerprint density at radius 3 is 0.103 bits per heavy atom. The molecular formula is Cs8Mo6O24Zr-36. The van der Waals surface area contributed by atoms with E-state index in [0.29, 0.717) is 0 Å². The van der Waals surface area contributed by atoms with Crippen LogP contribution in [0, 0.1) is 0 Å². The van der Waals surface area contributed by atoms with Crippen molar-refractivity contribution < 1.29 is 835 Å². The van der Waals surface area contributed by atoms with Gasteiger partial charge in [-0.05, 0) is 0 Å². The Balaban J connectivity index is 0. The molecule has 0 fully saturated rings. The van der Waals surface area contributed by atoms with Gasteiger partial charge in [0.05, 0.1) is 0 Å². The van der Waals surface area contributed by atoms with Crippen LogP contribution in [-0.4, -0.2) is 0 Å². The molecule has 0 atom stereocenters. The van der Waals surface area contributed by atoms with Gasteiger partial charge in [-0.25, -0.2) is 0 Å². The Labute approximate surface area is 803 Å². The minimum Gasteiger partial charge on any atom is -2.00 e. The maximum atomic E-state index is 0. The molecule has 0 aliphatic heterocycles. The SMILES string of the molecule is [Cs+].[Cs+].[Cs+].[Cs+].[Cs+].[Cs+].[Cs+].[Cs+].[Mo].[Mo].[Mo].[Mo].[Mo].[Mo].[O-2].[O-2].[O-2].[O-2].[O-2].[O-2].[O-2].[O-2].[O-2].[O-2].[O-2].[O-2].[O-2].[O-2].[O-2].[O-2].[O-2].[O-2].[O-2].[O-2].[O-2].[O-2].[O-2].[O-2].[Zr+4]. The third-order valence-electron chi connectivity index (χ3n) is 0. The molecule has 0 heterocycles. The summed E-state index contributed by atoms with van der Waals surface area (Å²) in [5, 5.41) is 0. The minimum absolute atomic E-state index is 0. The first-order chi connectivity index (χ1) is 0. The molecule has 0 aromatic carbocycles. The van der Waals surface area contributed by atoms with E-state index in [4.69, 9.17) is 0 Å². The van der Waals surface area contributed by atoms with Crippen LogP contribution >= 0.6 is 0 Å². The quantitative estimate of drug-likeness (QED) is 0.204. The molecule has 0 aliphatic carbocycles. The van der Waals surface area contributed by atoms with Crippen molar-refractivity contribution in [2.24, 2.45) is 0 Å². The number of hydrogen-bond acceptors (Lipinski definition) is 0. The van der Waals surface area contributed by atoms with Crippen LogP contribution in [0.15, 0.2) is 0 Å². The molecule has 0 aromatic heterocycles. The van der Waals surface area contributed by atoms with E-state index in [1.807, 2.05) is 0 Å². The molecule has 39 heteroatoms. The van der Waals surface area contributed by atoms with Gasteiger partial charge in [0, 0.05) is 126 Å². The van der Waals surface area contributed by atoms with E-state index in [2.05, 4.69) is 0 Å². The first kappa shape index (κ1) is 485. The number of rotatable bonds is 0. The first-order valence-electron chi connectivity index (χ1n) is 0. The molecule has 228 valence electrons. The Morgan fingerprint density at radius 2 is 0.103 bits per heavy atom. The molecule has 0 aromatic rings. The summed E-state index contributed by atoms with van der Waals surface area (Å²) in [6, 6.07) is 0. The fourth-order valence-corrected chi connectivity index (χ4v) is 0. The van der Waals surface area contributed by atoms with Gasteiger partial charge in [0.15, 0.2) is 0 Å². The van der Waals surface area contributed by atoms with Crippen LogP contribution in [0.4, 0.5) is 0 Å². The Bertz CT molecular complexity index is 56.6. The molecule has 0 saturated heterocycles. The van der Waals surface area contributed by atoms with Crippen LogP contribution < -0.4 is 551 Å². The fourth-order valence-electron chi connectivity index (χ4n) is 0. The molecule has 0 radical (unpaired) electrons. The van der Waals surface area contributed by atoms with Gasteiger partial charge in [0.25, 0.3) is 0 Å². The predicted octanol–water partition coefficient (Wildman–Crippen LogP) is -26.8. The van der Waals surface area contributed by atoms with Crippen molar-refractivity contribution in [1.82, 2.24) is 0 Å².